The molecule has 0 aliphatic heterocycles. The fourth-order valence-corrected chi connectivity index (χ4v) is 2.54. The van der Waals surface area contributed by atoms with Crippen LogP contribution in [0.2, 0.25) is 5.02 Å². The van der Waals surface area contributed by atoms with Gasteiger partial charge in [0.15, 0.2) is 0 Å². The normalized spacial score (nSPS) is 10.9. The van der Waals surface area contributed by atoms with E-state index in [4.69, 9.17) is 17.3 Å². The van der Waals surface area contributed by atoms with Crippen LogP contribution in [0.1, 0.15) is 0 Å². The fraction of sp³-hybridized carbons (Fsp3) is 0.111. The second kappa shape index (κ2) is 6.07. The van der Waals surface area contributed by atoms with E-state index in [9.17, 15) is 18.0 Å². The molecule has 0 spiro atoms. The zero-order chi connectivity index (χ0) is 13.8. The van der Waals surface area contributed by atoms with Crippen molar-refractivity contribution in [1.29, 1.82) is 0 Å². The maximum Gasteiger partial charge on any atom is 0.276 e. The lowest BCUT2D eigenvalue weighted by Gasteiger charge is -2.06. The van der Waals surface area contributed by atoms with E-state index in [0.717, 1.165) is 0 Å². The maximum absolute atomic E-state index is 11.7. The average molecular weight is 309 g/mol. The molecular weight excluding hydrogens is 300 g/mol. The lowest BCUT2D eigenvalue weighted by molar-refractivity contribution is -0.116. The van der Waals surface area contributed by atoms with Gasteiger partial charge in [0, 0.05) is 5.02 Å². The van der Waals surface area contributed by atoms with Gasteiger partial charge in [-0.3, -0.25) is 9.59 Å². The van der Waals surface area contributed by atoms with Crippen LogP contribution in [0.25, 0.3) is 0 Å². The van der Waals surface area contributed by atoms with E-state index in [0.29, 0.717) is 16.8 Å². The van der Waals surface area contributed by atoms with Gasteiger partial charge in [0.2, 0.25) is 5.91 Å². The Labute approximate surface area is 113 Å². The molecule has 98 valence electrons. The largest absolute Gasteiger partial charge is 0.361 e. The number of thioether (sulfide) groups is 1. The topological polar surface area (TPSA) is 106 Å². The highest BCUT2D eigenvalue weighted by atomic mass is 35.5. The second-order valence-electron chi connectivity index (χ2n) is 3.09. The molecule has 1 rings (SSSR count). The summed E-state index contributed by atoms with van der Waals surface area (Å²) >= 11 is 6.13. The molecular formula is C9H9ClN2O4S2. The molecule has 0 atom stereocenters. The number of carbonyl (C=O) groups excluding carboxylic acids is 2. The SMILES string of the molecule is NC(=O)SCC(=O)NS(=O)(=O)c1ccc(Cl)cc1. The number of nitrogens with two attached hydrogens (primary N) is 1. The summed E-state index contributed by atoms with van der Waals surface area (Å²) in [6.07, 6.45) is 0. The van der Waals surface area contributed by atoms with E-state index in [1.807, 2.05) is 4.72 Å². The van der Waals surface area contributed by atoms with Crippen LogP contribution in [0, 0.1) is 0 Å². The Hall–Kier alpha value is -1.25. The van der Waals surface area contributed by atoms with Crippen molar-refractivity contribution in [2.45, 2.75) is 4.90 Å². The third-order valence-electron chi connectivity index (χ3n) is 1.72. The van der Waals surface area contributed by atoms with Gasteiger partial charge >= 0.3 is 0 Å². The third kappa shape index (κ3) is 4.55. The van der Waals surface area contributed by atoms with Crippen molar-refractivity contribution < 1.29 is 18.0 Å². The highest BCUT2D eigenvalue weighted by Crippen LogP contribution is 2.13. The zero-order valence-electron chi connectivity index (χ0n) is 8.92. The molecule has 0 heterocycles. The number of halogens is 1. The summed E-state index contributed by atoms with van der Waals surface area (Å²) in [4.78, 5) is 21.6. The number of nitrogens with one attached hydrogen (secondary N) is 1. The maximum atomic E-state index is 11.7. The molecule has 6 nitrogen and oxygen atoms in total. The van der Waals surface area contributed by atoms with Gasteiger partial charge in [0.05, 0.1) is 10.6 Å². The molecule has 0 bridgehead atoms. The molecule has 0 aliphatic carbocycles. The van der Waals surface area contributed by atoms with Crippen molar-refractivity contribution in [1.82, 2.24) is 4.72 Å². The van der Waals surface area contributed by atoms with E-state index in [-0.39, 0.29) is 10.6 Å². The quantitative estimate of drug-likeness (QED) is 0.861. The summed E-state index contributed by atoms with van der Waals surface area (Å²) in [5, 5.41) is -0.376. The highest BCUT2D eigenvalue weighted by Gasteiger charge is 2.17. The average Bonchev–Trinajstić information content (AvgIpc) is 2.26. The first kappa shape index (κ1) is 14.8. The Morgan fingerprint density at radius 3 is 2.33 bits per heavy atom. The molecule has 0 unspecified atom stereocenters. The molecule has 0 fully saturated rings. The molecule has 0 radical (unpaired) electrons. The number of primary amides is 1. The van der Waals surface area contributed by atoms with Gasteiger partial charge in [-0.1, -0.05) is 23.4 Å². The minimum atomic E-state index is -3.95. The van der Waals surface area contributed by atoms with E-state index in [1.165, 1.54) is 24.3 Å². The van der Waals surface area contributed by atoms with E-state index in [1.54, 1.807) is 0 Å². The molecule has 0 aromatic heterocycles. The first-order valence-electron chi connectivity index (χ1n) is 4.55. The van der Waals surface area contributed by atoms with Crippen molar-refractivity contribution in [3.8, 4) is 0 Å². The Kier molecular flexibility index (Phi) is 5.00. The van der Waals surface area contributed by atoms with Crippen molar-refractivity contribution >= 4 is 44.5 Å². The summed E-state index contributed by atoms with van der Waals surface area (Å²) in [7, 11) is -3.95. The monoisotopic (exact) mass is 308 g/mol. The Balaban J connectivity index is 2.73. The van der Waals surface area contributed by atoms with E-state index < -0.39 is 21.2 Å². The van der Waals surface area contributed by atoms with Crippen LogP contribution < -0.4 is 10.5 Å². The predicted octanol–water partition coefficient (Wildman–Crippen LogP) is 0.957. The molecule has 9 heteroatoms. The Bertz CT molecular complexity index is 556. The lowest BCUT2D eigenvalue weighted by atomic mass is 10.4. The number of rotatable bonds is 4. The van der Waals surface area contributed by atoms with Crippen LogP contribution in [0.15, 0.2) is 29.2 Å². The Morgan fingerprint density at radius 2 is 1.83 bits per heavy atom. The first-order valence-corrected chi connectivity index (χ1v) is 7.39. The highest BCUT2D eigenvalue weighted by molar-refractivity contribution is 8.14. The summed E-state index contributed by atoms with van der Waals surface area (Å²) in [5.41, 5.74) is 4.81. The number of hydrogen-bond acceptors (Lipinski definition) is 5. The van der Waals surface area contributed by atoms with Crippen LogP contribution >= 0.6 is 23.4 Å². The van der Waals surface area contributed by atoms with E-state index in [2.05, 4.69) is 0 Å². The minimum Gasteiger partial charge on any atom is -0.361 e. The van der Waals surface area contributed by atoms with Gasteiger partial charge < -0.3 is 5.73 Å². The predicted molar refractivity (Wildman–Crippen MR) is 68.8 cm³/mol. The first-order chi connectivity index (χ1) is 8.31. The van der Waals surface area contributed by atoms with E-state index >= 15 is 0 Å². The number of carbonyl (C=O) groups is 2. The van der Waals surface area contributed by atoms with Gasteiger partial charge in [0.25, 0.3) is 15.3 Å². The zero-order valence-corrected chi connectivity index (χ0v) is 11.3. The van der Waals surface area contributed by atoms with Crippen LogP contribution in [0.4, 0.5) is 4.79 Å². The molecule has 0 aliphatic rings. The van der Waals surface area contributed by atoms with Gasteiger partial charge in [-0.05, 0) is 24.3 Å². The summed E-state index contributed by atoms with van der Waals surface area (Å²) < 4.78 is 25.2. The molecule has 0 saturated carbocycles. The minimum absolute atomic E-state index is 0.0932. The summed E-state index contributed by atoms with van der Waals surface area (Å²) in [5.74, 6) is -1.18. The van der Waals surface area contributed by atoms with Gasteiger partial charge in [0.1, 0.15) is 0 Å². The van der Waals surface area contributed by atoms with Crippen LogP contribution in [-0.4, -0.2) is 25.3 Å². The summed E-state index contributed by atoms with van der Waals surface area (Å²) in [6, 6.07) is 5.30. The van der Waals surface area contributed by atoms with Crippen LogP contribution in [0.5, 0.6) is 0 Å². The number of benzene rings is 1. The molecule has 1 aromatic rings. The number of amides is 2. The molecule has 3 N–H and O–H groups in total. The number of hydrogen-bond donors (Lipinski definition) is 2. The van der Waals surface area contributed by atoms with Gasteiger partial charge in [-0.15, -0.1) is 0 Å². The summed E-state index contributed by atoms with van der Waals surface area (Å²) in [6.45, 7) is 0. The third-order valence-corrected chi connectivity index (χ3v) is 4.05. The molecule has 18 heavy (non-hydrogen) atoms. The second-order valence-corrected chi connectivity index (χ2v) is 6.19. The van der Waals surface area contributed by atoms with Crippen LogP contribution in [-0.2, 0) is 14.8 Å². The lowest BCUT2D eigenvalue weighted by Crippen LogP contribution is -2.32. The molecule has 1 aromatic carbocycles. The van der Waals surface area contributed by atoms with Crippen molar-refractivity contribution in [3.63, 3.8) is 0 Å². The van der Waals surface area contributed by atoms with Crippen molar-refractivity contribution in [2.24, 2.45) is 5.73 Å². The van der Waals surface area contributed by atoms with Crippen molar-refractivity contribution in [3.05, 3.63) is 29.3 Å². The molecule has 2 amide bonds. The smallest absolute Gasteiger partial charge is 0.276 e. The van der Waals surface area contributed by atoms with Gasteiger partial charge in [-0.25, -0.2) is 13.1 Å². The number of sulfonamides is 1. The molecule has 0 saturated heterocycles. The van der Waals surface area contributed by atoms with Crippen LogP contribution in [0.3, 0.4) is 0 Å². The fourth-order valence-electron chi connectivity index (χ4n) is 0.989. The van der Waals surface area contributed by atoms with Gasteiger partial charge in [-0.2, -0.15) is 0 Å². The van der Waals surface area contributed by atoms with Crippen molar-refractivity contribution in [2.75, 3.05) is 5.75 Å². The Morgan fingerprint density at radius 1 is 1.28 bits per heavy atom. The standard InChI is InChI=1S/C9H9ClN2O4S2/c10-6-1-3-7(4-2-6)18(15,16)12-8(13)5-17-9(11)14/h1-4H,5H2,(H2,11,14)(H,12,13).